The highest BCUT2D eigenvalue weighted by atomic mass is 32.1. The summed E-state index contributed by atoms with van der Waals surface area (Å²) in [4.78, 5) is 35.0. The van der Waals surface area contributed by atoms with E-state index < -0.39 is 11.9 Å². The number of carbonyl (C=O) groups excluding carboxylic acids is 1. The van der Waals surface area contributed by atoms with Gasteiger partial charge in [0.05, 0.1) is 12.5 Å². The van der Waals surface area contributed by atoms with Crippen LogP contribution in [0, 0.1) is 5.92 Å². The molecule has 0 amide bonds. The van der Waals surface area contributed by atoms with Gasteiger partial charge in [-0.15, -0.1) is 11.3 Å². The Morgan fingerprint density at radius 3 is 2.17 bits per heavy atom. The van der Waals surface area contributed by atoms with E-state index in [0.717, 1.165) is 45.9 Å². The van der Waals surface area contributed by atoms with Gasteiger partial charge in [0.1, 0.15) is 5.75 Å². The van der Waals surface area contributed by atoms with E-state index in [9.17, 15) is 14.7 Å². The molecule has 7 heteroatoms. The molecule has 6 nitrogen and oxygen atoms in total. The van der Waals surface area contributed by atoms with E-state index in [1.807, 2.05) is 60.0 Å². The van der Waals surface area contributed by atoms with Gasteiger partial charge in [0, 0.05) is 45.8 Å². The third-order valence-electron chi connectivity index (χ3n) is 7.34. The molecule has 0 bridgehead atoms. The monoisotopic (exact) mass is 584 g/mol. The van der Waals surface area contributed by atoms with E-state index in [-0.39, 0.29) is 18.6 Å². The number of carbonyl (C=O) groups is 2. The smallest absolute Gasteiger partial charge is 0.307 e. The van der Waals surface area contributed by atoms with Gasteiger partial charge in [-0.25, -0.2) is 9.97 Å². The molecule has 42 heavy (non-hydrogen) atoms. The van der Waals surface area contributed by atoms with Gasteiger partial charge in [0.15, 0.2) is 11.6 Å². The fourth-order valence-corrected chi connectivity index (χ4v) is 5.66. The number of aliphatic carboxylic acids is 1. The molecule has 2 aromatic carbocycles. The predicted molar refractivity (Wildman–Crippen MR) is 169 cm³/mol. The third-order valence-corrected chi connectivity index (χ3v) is 8.58. The van der Waals surface area contributed by atoms with Gasteiger partial charge in [0.2, 0.25) is 0 Å². The number of aromatic nitrogens is 2. The Balaban J connectivity index is 1.32. The largest absolute Gasteiger partial charge is 0.494 e. The van der Waals surface area contributed by atoms with E-state index in [0.29, 0.717) is 17.3 Å². The number of rotatable bonds is 16. The minimum absolute atomic E-state index is 0.0257. The van der Waals surface area contributed by atoms with Crippen LogP contribution < -0.4 is 4.74 Å². The predicted octanol–water partition coefficient (Wildman–Crippen LogP) is 8.86. The highest BCUT2D eigenvalue weighted by Gasteiger charge is 2.23. The number of ether oxygens (including phenoxy) is 1. The summed E-state index contributed by atoms with van der Waals surface area (Å²) in [5, 5.41) is 11.6. The molecule has 4 rings (SSSR count). The molecule has 220 valence electrons. The lowest BCUT2D eigenvalue weighted by molar-refractivity contribution is -0.141. The van der Waals surface area contributed by atoms with Crippen LogP contribution in [0.4, 0.5) is 0 Å². The fraction of sp³-hybridized carbons (Fsp3) is 0.371. The second-order valence-electron chi connectivity index (χ2n) is 11.0. The highest BCUT2D eigenvalue weighted by molar-refractivity contribution is 7.10. The minimum atomic E-state index is -0.965. The van der Waals surface area contributed by atoms with Crippen molar-refractivity contribution >= 4 is 23.1 Å². The van der Waals surface area contributed by atoms with Crippen LogP contribution in [0.15, 0.2) is 72.4 Å². The summed E-state index contributed by atoms with van der Waals surface area (Å²) in [5.41, 5.74) is 4.23. The average Bonchev–Trinajstić information content (AvgIpc) is 3.51. The molecule has 0 aliphatic rings. The zero-order valence-electron chi connectivity index (χ0n) is 24.7. The van der Waals surface area contributed by atoms with Crippen molar-refractivity contribution in [2.24, 2.45) is 5.92 Å². The molecule has 1 atom stereocenters. The first-order valence-corrected chi connectivity index (χ1v) is 15.7. The Bertz CT molecular complexity index is 1430. The summed E-state index contributed by atoms with van der Waals surface area (Å²) < 4.78 is 5.87. The Hall–Kier alpha value is -3.84. The van der Waals surface area contributed by atoms with Crippen molar-refractivity contribution in [1.82, 2.24) is 9.97 Å². The molecule has 0 saturated carbocycles. The maximum atomic E-state index is 12.8. The Morgan fingerprint density at radius 1 is 0.881 bits per heavy atom. The molecule has 1 unspecified atom stereocenters. The van der Waals surface area contributed by atoms with Crippen molar-refractivity contribution in [1.29, 1.82) is 0 Å². The van der Waals surface area contributed by atoms with E-state index in [1.54, 1.807) is 23.7 Å². The number of nitrogens with zero attached hydrogens (tertiary/aromatic N) is 2. The van der Waals surface area contributed by atoms with Crippen LogP contribution in [0.5, 0.6) is 5.75 Å². The topological polar surface area (TPSA) is 89.4 Å². The van der Waals surface area contributed by atoms with Crippen LogP contribution >= 0.6 is 11.3 Å². The lowest BCUT2D eigenvalue weighted by Gasteiger charge is -2.12. The van der Waals surface area contributed by atoms with Crippen LogP contribution in [0.1, 0.15) is 86.0 Å². The zero-order valence-corrected chi connectivity index (χ0v) is 25.5. The molecule has 2 heterocycles. The molecule has 0 spiro atoms. The maximum absolute atomic E-state index is 12.8. The summed E-state index contributed by atoms with van der Waals surface area (Å²) in [7, 11) is 0. The number of carboxylic acids is 1. The van der Waals surface area contributed by atoms with Crippen molar-refractivity contribution in [3.63, 3.8) is 0 Å². The van der Waals surface area contributed by atoms with E-state index in [2.05, 4.69) is 30.7 Å². The number of thiophene rings is 1. The van der Waals surface area contributed by atoms with Crippen molar-refractivity contribution in [3.8, 4) is 28.3 Å². The average molecular weight is 585 g/mol. The molecule has 0 aliphatic heterocycles. The van der Waals surface area contributed by atoms with Gasteiger partial charge in [-0.3, -0.25) is 9.59 Å². The second kappa shape index (κ2) is 15.4. The zero-order chi connectivity index (χ0) is 29.9. The molecule has 1 N–H and O–H groups in total. The highest BCUT2D eigenvalue weighted by Crippen LogP contribution is 2.27. The number of carboxylic acid groups (broad SMARTS) is 1. The number of Topliss-reactive ketones (excluding diaryl/α,β-unsaturated/α-hetero) is 1. The second-order valence-corrected chi connectivity index (χ2v) is 12.0. The van der Waals surface area contributed by atoms with Crippen molar-refractivity contribution < 1.29 is 19.4 Å². The molecule has 4 aromatic rings. The van der Waals surface area contributed by atoms with Gasteiger partial charge in [-0.05, 0) is 48.1 Å². The molecule has 0 aliphatic carbocycles. The summed E-state index contributed by atoms with van der Waals surface area (Å²) in [5.74, 6) is -0.0799. The van der Waals surface area contributed by atoms with E-state index >= 15 is 0 Å². The SMILES string of the molecule is CCCCCCCOc1ccc(-c2cnc(-c3ccc(CC(CC(=O)c4csc(C(C)C)c4)C(=O)O)cc3)nc2)cc1. The molecule has 0 fully saturated rings. The summed E-state index contributed by atoms with van der Waals surface area (Å²) in [6, 6.07) is 17.5. The Labute approximate surface area is 252 Å². The number of hydrogen-bond donors (Lipinski definition) is 1. The standard InChI is InChI=1S/C35H40N2O4S/c1-4-5-6-7-8-17-41-31-15-13-26(14-16-31)30-21-36-34(37-22-30)27-11-9-25(10-12-27)18-28(35(39)40)19-32(38)29-20-33(24(2)3)42-23-29/h9-16,20-24,28H,4-8,17-19H2,1-3H3,(H,39,40). The Morgan fingerprint density at radius 2 is 1.55 bits per heavy atom. The minimum Gasteiger partial charge on any atom is -0.494 e. The van der Waals surface area contributed by atoms with Crippen LogP contribution in [-0.4, -0.2) is 33.4 Å². The van der Waals surface area contributed by atoms with Crippen LogP contribution in [-0.2, 0) is 11.2 Å². The molecular weight excluding hydrogens is 544 g/mol. The van der Waals surface area contributed by atoms with Gasteiger partial charge < -0.3 is 9.84 Å². The van der Waals surface area contributed by atoms with Crippen LogP contribution in [0.3, 0.4) is 0 Å². The quantitative estimate of drug-likeness (QED) is 0.104. The third kappa shape index (κ3) is 8.83. The summed E-state index contributed by atoms with van der Waals surface area (Å²) in [6.07, 6.45) is 9.94. The van der Waals surface area contributed by atoms with Gasteiger partial charge in [0.25, 0.3) is 0 Å². The summed E-state index contributed by atoms with van der Waals surface area (Å²) >= 11 is 1.54. The number of hydrogen-bond acceptors (Lipinski definition) is 6. The first-order chi connectivity index (χ1) is 20.3. The van der Waals surface area contributed by atoms with Gasteiger partial charge in [-0.2, -0.15) is 0 Å². The molecular formula is C35H40N2O4S. The van der Waals surface area contributed by atoms with E-state index in [4.69, 9.17) is 4.74 Å². The first-order valence-electron chi connectivity index (χ1n) is 14.8. The maximum Gasteiger partial charge on any atom is 0.307 e. The van der Waals surface area contributed by atoms with Gasteiger partial charge >= 0.3 is 5.97 Å². The molecule has 0 saturated heterocycles. The number of ketones is 1. The molecule has 2 aromatic heterocycles. The summed E-state index contributed by atoms with van der Waals surface area (Å²) in [6.45, 7) is 7.11. The normalized spacial score (nSPS) is 11.9. The van der Waals surface area contributed by atoms with Crippen LogP contribution in [0.25, 0.3) is 22.5 Å². The van der Waals surface area contributed by atoms with Gasteiger partial charge in [-0.1, -0.05) is 82.9 Å². The number of benzene rings is 2. The van der Waals surface area contributed by atoms with Crippen LogP contribution in [0.2, 0.25) is 0 Å². The Kier molecular flexibility index (Phi) is 11.4. The molecule has 0 radical (unpaired) electrons. The fourth-order valence-electron chi connectivity index (χ4n) is 4.73. The lowest BCUT2D eigenvalue weighted by atomic mass is 9.92. The van der Waals surface area contributed by atoms with Crippen molar-refractivity contribution in [3.05, 3.63) is 88.4 Å². The lowest BCUT2D eigenvalue weighted by Crippen LogP contribution is -2.20. The number of unbranched alkanes of at least 4 members (excludes halogenated alkanes) is 4. The van der Waals surface area contributed by atoms with E-state index in [1.165, 1.54) is 25.7 Å². The van der Waals surface area contributed by atoms with Crippen molar-refractivity contribution in [2.75, 3.05) is 6.61 Å². The first kappa shape index (κ1) is 31.1. The van der Waals surface area contributed by atoms with Crippen molar-refractivity contribution in [2.45, 2.75) is 71.6 Å².